The van der Waals surface area contributed by atoms with Crippen LogP contribution in [0.1, 0.15) is 5.56 Å². The number of carbonyl (C=O) groups is 1. The smallest absolute Gasteiger partial charge is 0.142 e. The van der Waals surface area contributed by atoms with Gasteiger partial charge in [0.15, 0.2) is 0 Å². The van der Waals surface area contributed by atoms with Crippen molar-refractivity contribution in [2.75, 3.05) is 7.11 Å². The minimum Gasteiger partial charge on any atom is -0.497 e. The molecule has 15 heavy (non-hydrogen) atoms. The Bertz CT molecular complexity index is 418. The van der Waals surface area contributed by atoms with Crippen molar-refractivity contribution in [2.24, 2.45) is 4.99 Å². The van der Waals surface area contributed by atoms with Gasteiger partial charge in [0.2, 0.25) is 0 Å². The molecule has 1 atom stereocenters. The van der Waals surface area contributed by atoms with Gasteiger partial charge in [-0.05, 0) is 35.9 Å². The number of aliphatic imine (C=N–C) groups is 1. The standard InChI is InChI=1S/C12H11NO2/c1-15-10-6-4-9(5-7-10)12-11(13-12)3-2-8-14/h2-8,11H,1H3/b3-2+. The Kier molecular flexibility index (Phi) is 2.63. The lowest BCUT2D eigenvalue weighted by Crippen LogP contribution is -1.95. The van der Waals surface area contributed by atoms with Crippen LogP contribution in [-0.4, -0.2) is 25.1 Å². The predicted octanol–water partition coefficient (Wildman–Crippen LogP) is 1.62. The fourth-order valence-electron chi connectivity index (χ4n) is 1.40. The Labute approximate surface area is 88.1 Å². The molecule has 0 aromatic heterocycles. The Morgan fingerprint density at radius 1 is 1.33 bits per heavy atom. The molecule has 0 bridgehead atoms. The lowest BCUT2D eigenvalue weighted by molar-refractivity contribution is -0.104. The SMILES string of the molecule is COc1ccc(C2=NC2/C=C/C=O)cc1. The number of hydrogen-bond donors (Lipinski definition) is 0. The van der Waals surface area contributed by atoms with Gasteiger partial charge in [0, 0.05) is 0 Å². The average molecular weight is 201 g/mol. The predicted molar refractivity (Wildman–Crippen MR) is 58.5 cm³/mol. The van der Waals surface area contributed by atoms with E-state index in [1.807, 2.05) is 24.3 Å². The largest absolute Gasteiger partial charge is 0.497 e. The summed E-state index contributed by atoms with van der Waals surface area (Å²) in [5, 5.41) is 0. The van der Waals surface area contributed by atoms with Crippen LogP contribution >= 0.6 is 0 Å². The van der Waals surface area contributed by atoms with Gasteiger partial charge in [0.05, 0.1) is 12.8 Å². The van der Waals surface area contributed by atoms with E-state index >= 15 is 0 Å². The number of benzene rings is 1. The highest BCUT2D eigenvalue weighted by Gasteiger charge is 2.25. The topological polar surface area (TPSA) is 38.7 Å². The van der Waals surface area contributed by atoms with E-state index in [2.05, 4.69) is 4.99 Å². The van der Waals surface area contributed by atoms with Crippen molar-refractivity contribution in [3.05, 3.63) is 42.0 Å². The van der Waals surface area contributed by atoms with Crippen molar-refractivity contribution in [3.63, 3.8) is 0 Å². The second-order valence-electron chi connectivity index (χ2n) is 3.21. The third-order valence-corrected chi connectivity index (χ3v) is 2.25. The van der Waals surface area contributed by atoms with Gasteiger partial charge < -0.3 is 4.74 Å². The van der Waals surface area contributed by atoms with Gasteiger partial charge in [-0.25, -0.2) is 0 Å². The average Bonchev–Trinajstić information content (AvgIpc) is 3.06. The second kappa shape index (κ2) is 4.09. The minimum absolute atomic E-state index is 0.0867. The first-order valence-electron chi connectivity index (χ1n) is 4.69. The number of hydrogen-bond acceptors (Lipinski definition) is 3. The molecule has 76 valence electrons. The van der Waals surface area contributed by atoms with Crippen LogP contribution in [0, 0.1) is 0 Å². The Morgan fingerprint density at radius 2 is 2.07 bits per heavy atom. The van der Waals surface area contributed by atoms with E-state index in [0.29, 0.717) is 0 Å². The molecule has 1 aliphatic heterocycles. The molecule has 0 aliphatic carbocycles. The summed E-state index contributed by atoms with van der Waals surface area (Å²) in [6.45, 7) is 0. The molecule has 0 N–H and O–H groups in total. The van der Waals surface area contributed by atoms with Crippen molar-refractivity contribution < 1.29 is 9.53 Å². The van der Waals surface area contributed by atoms with E-state index in [4.69, 9.17) is 4.74 Å². The number of carbonyl (C=O) groups excluding carboxylic acids is 1. The summed E-state index contributed by atoms with van der Waals surface area (Å²) >= 11 is 0. The molecule has 3 heteroatoms. The molecule has 3 nitrogen and oxygen atoms in total. The number of nitrogens with zero attached hydrogens (tertiary/aromatic N) is 1. The molecule has 2 rings (SSSR count). The molecule has 0 amide bonds. The number of rotatable bonds is 4. The number of methoxy groups -OCH3 is 1. The third kappa shape index (κ3) is 2.13. The summed E-state index contributed by atoms with van der Waals surface area (Å²) in [5.74, 6) is 0.833. The second-order valence-corrected chi connectivity index (χ2v) is 3.21. The van der Waals surface area contributed by atoms with E-state index in [9.17, 15) is 4.79 Å². The maximum atomic E-state index is 10.1. The first-order valence-corrected chi connectivity index (χ1v) is 4.69. The highest BCUT2D eigenvalue weighted by molar-refractivity contribution is 6.14. The molecule has 1 aromatic rings. The van der Waals surface area contributed by atoms with E-state index in [0.717, 1.165) is 23.3 Å². The lowest BCUT2D eigenvalue weighted by atomic mass is 10.1. The van der Waals surface area contributed by atoms with Crippen molar-refractivity contribution in [1.82, 2.24) is 0 Å². The zero-order valence-electron chi connectivity index (χ0n) is 8.38. The van der Waals surface area contributed by atoms with E-state index in [-0.39, 0.29) is 6.04 Å². The molecule has 1 aromatic carbocycles. The molecule has 1 heterocycles. The normalized spacial score (nSPS) is 18.7. The molecular weight excluding hydrogens is 190 g/mol. The summed E-state index contributed by atoms with van der Waals surface area (Å²) in [7, 11) is 1.64. The molecule has 0 fully saturated rings. The zero-order valence-corrected chi connectivity index (χ0v) is 8.38. The molecular formula is C12H11NO2. The van der Waals surface area contributed by atoms with Crippen LogP contribution in [-0.2, 0) is 4.79 Å². The van der Waals surface area contributed by atoms with E-state index in [1.165, 1.54) is 6.08 Å². The van der Waals surface area contributed by atoms with Gasteiger partial charge in [-0.1, -0.05) is 6.08 Å². The first-order chi connectivity index (χ1) is 7.35. The minimum atomic E-state index is 0.0867. The fourth-order valence-corrected chi connectivity index (χ4v) is 1.40. The highest BCUT2D eigenvalue weighted by atomic mass is 16.5. The van der Waals surface area contributed by atoms with Crippen LogP contribution in [0.4, 0.5) is 0 Å². The molecule has 1 unspecified atom stereocenters. The summed E-state index contributed by atoms with van der Waals surface area (Å²) in [6.07, 6.45) is 4.02. The molecule has 0 saturated heterocycles. The van der Waals surface area contributed by atoms with Crippen molar-refractivity contribution >= 4 is 12.0 Å². The lowest BCUT2D eigenvalue weighted by Gasteiger charge is -1.98. The Morgan fingerprint density at radius 3 is 2.67 bits per heavy atom. The van der Waals surface area contributed by atoms with Gasteiger partial charge >= 0.3 is 0 Å². The quantitative estimate of drug-likeness (QED) is 0.548. The molecule has 1 aliphatic rings. The third-order valence-electron chi connectivity index (χ3n) is 2.25. The maximum absolute atomic E-state index is 10.1. The van der Waals surface area contributed by atoms with E-state index in [1.54, 1.807) is 13.2 Å². The molecule has 0 saturated carbocycles. The highest BCUT2D eigenvalue weighted by Crippen LogP contribution is 2.22. The summed E-state index contributed by atoms with van der Waals surface area (Å²) in [4.78, 5) is 14.4. The van der Waals surface area contributed by atoms with Crippen LogP contribution in [0.5, 0.6) is 5.75 Å². The molecule has 0 spiro atoms. The molecule has 0 radical (unpaired) electrons. The first kappa shape index (κ1) is 9.65. The van der Waals surface area contributed by atoms with E-state index < -0.39 is 0 Å². The maximum Gasteiger partial charge on any atom is 0.142 e. The Balaban J connectivity index is 2.03. The van der Waals surface area contributed by atoms with Gasteiger partial charge in [0.25, 0.3) is 0 Å². The van der Waals surface area contributed by atoms with Crippen LogP contribution in [0.15, 0.2) is 41.4 Å². The van der Waals surface area contributed by atoms with Gasteiger partial charge in [-0.15, -0.1) is 0 Å². The number of allylic oxidation sites excluding steroid dienone is 1. The van der Waals surface area contributed by atoms with Crippen LogP contribution in [0.3, 0.4) is 0 Å². The summed E-state index contributed by atoms with van der Waals surface area (Å²) in [6, 6.07) is 7.82. The van der Waals surface area contributed by atoms with Crippen LogP contribution < -0.4 is 4.74 Å². The summed E-state index contributed by atoms with van der Waals surface area (Å²) in [5.41, 5.74) is 2.10. The summed E-state index contributed by atoms with van der Waals surface area (Å²) < 4.78 is 5.06. The zero-order chi connectivity index (χ0) is 10.7. The monoisotopic (exact) mass is 201 g/mol. The van der Waals surface area contributed by atoms with Crippen molar-refractivity contribution in [3.8, 4) is 5.75 Å². The van der Waals surface area contributed by atoms with Crippen LogP contribution in [0.25, 0.3) is 0 Å². The van der Waals surface area contributed by atoms with Gasteiger partial charge in [-0.2, -0.15) is 0 Å². The van der Waals surface area contributed by atoms with Crippen molar-refractivity contribution in [2.45, 2.75) is 6.04 Å². The van der Waals surface area contributed by atoms with Gasteiger partial charge in [0.1, 0.15) is 18.1 Å². The van der Waals surface area contributed by atoms with Crippen LogP contribution in [0.2, 0.25) is 0 Å². The fraction of sp³-hybridized carbons (Fsp3) is 0.167. The van der Waals surface area contributed by atoms with Gasteiger partial charge in [-0.3, -0.25) is 9.79 Å². The Hall–Kier alpha value is -1.90. The number of ether oxygens (including phenoxy) is 1. The number of aldehydes is 1. The van der Waals surface area contributed by atoms with Crippen molar-refractivity contribution in [1.29, 1.82) is 0 Å².